The molecular formula is C11H26N2O. The van der Waals surface area contributed by atoms with Crippen LogP contribution >= 0.6 is 0 Å². The second-order valence-corrected chi connectivity index (χ2v) is 5.60. The maximum absolute atomic E-state index is 9.23. The summed E-state index contributed by atoms with van der Waals surface area (Å²) in [6.45, 7) is 11.5. The molecule has 0 rings (SSSR count). The highest BCUT2D eigenvalue weighted by Gasteiger charge is 2.30. The number of nitrogens with two attached hydrogens (primary N) is 1. The van der Waals surface area contributed by atoms with Crippen molar-refractivity contribution in [2.45, 2.75) is 46.2 Å². The van der Waals surface area contributed by atoms with Gasteiger partial charge in [-0.2, -0.15) is 0 Å². The van der Waals surface area contributed by atoms with E-state index in [0.29, 0.717) is 0 Å². The first-order valence-electron chi connectivity index (χ1n) is 5.21. The molecule has 0 aliphatic rings. The van der Waals surface area contributed by atoms with E-state index < -0.39 is 0 Å². The van der Waals surface area contributed by atoms with Crippen LogP contribution < -0.4 is 5.73 Å². The fourth-order valence-corrected chi connectivity index (χ4v) is 1.09. The first-order chi connectivity index (χ1) is 6.13. The summed E-state index contributed by atoms with van der Waals surface area (Å²) in [7, 11) is 2.03. The molecule has 14 heavy (non-hydrogen) atoms. The van der Waals surface area contributed by atoms with E-state index in [9.17, 15) is 5.11 Å². The number of rotatable bonds is 5. The van der Waals surface area contributed by atoms with E-state index in [1.54, 1.807) is 0 Å². The Hall–Kier alpha value is -0.120. The van der Waals surface area contributed by atoms with Crippen LogP contribution in [0.15, 0.2) is 0 Å². The lowest BCUT2D eigenvalue weighted by atomic mass is 9.84. The molecule has 1 unspecified atom stereocenters. The van der Waals surface area contributed by atoms with E-state index in [2.05, 4.69) is 18.7 Å². The lowest BCUT2D eigenvalue weighted by Gasteiger charge is -2.41. The molecule has 3 N–H and O–H groups in total. The highest BCUT2D eigenvalue weighted by Crippen LogP contribution is 2.23. The van der Waals surface area contributed by atoms with Gasteiger partial charge < -0.3 is 10.8 Å². The Labute approximate surface area is 88.3 Å². The van der Waals surface area contributed by atoms with Crippen molar-refractivity contribution in [3.63, 3.8) is 0 Å². The van der Waals surface area contributed by atoms with Crippen LogP contribution in [0, 0.1) is 5.41 Å². The van der Waals surface area contributed by atoms with Gasteiger partial charge in [-0.3, -0.25) is 4.90 Å². The van der Waals surface area contributed by atoms with E-state index in [-0.39, 0.29) is 23.6 Å². The Morgan fingerprint density at radius 2 is 1.71 bits per heavy atom. The van der Waals surface area contributed by atoms with Gasteiger partial charge in [-0.25, -0.2) is 0 Å². The van der Waals surface area contributed by atoms with Crippen LogP contribution in [0.2, 0.25) is 0 Å². The smallest absolute Gasteiger partial charge is 0.0609 e. The van der Waals surface area contributed by atoms with E-state index in [4.69, 9.17) is 5.73 Å². The second-order valence-electron chi connectivity index (χ2n) is 5.60. The van der Waals surface area contributed by atoms with Crippen LogP contribution in [0.5, 0.6) is 0 Å². The molecule has 0 aromatic rings. The largest absolute Gasteiger partial charge is 0.394 e. The van der Waals surface area contributed by atoms with Gasteiger partial charge in [0.2, 0.25) is 0 Å². The van der Waals surface area contributed by atoms with Crippen molar-refractivity contribution in [3.05, 3.63) is 0 Å². The molecule has 0 heterocycles. The fourth-order valence-electron chi connectivity index (χ4n) is 1.09. The summed E-state index contributed by atoms with van der Waals surface area (Å²) in [5.41, 5.74) is 5.81. The third-order valence-corrected chi connectivity index (χ3v) is 3.30. The van der Waals surface area contributed by atoms with Crippen molar-refractivity contribution >= 4 is 0 Å². The Bertz CT molecular complexity index is 176. The SMILES string of the molecule is CC(N)C(C)(C)CN(C)C(C)(C)CO. The summed E-state index contributed by atoms with van der Waals surface area (Å²) in [6.07, 6.45) is 0. The molecule has 0 bridgehead atoms. The van der Waals surface area contributed by atoms with Crippen LogP contribution in [-0.4, -0.2) is 41.8 Å². The Morgan fingerprint density at radius 3 is 2.00 bits per heavy atom. The summed E-state index contributed by atoms with van der Waals surface area (Å²) in [5.74, 6) is 0. The van der Waals surface area contributed by atoms with Gasteiger partial charge in [0.25, 0.3) is 0 Å². The predicted molar refractivity (Wildman–Crippen MR) is 61.2 cm³/mol. The highest BCUT2D eigenvalue weighted by molar-refractivity contribution is 4.86. The number of hydrogen-bond acceptors (Lipinski definition) is 3. The number of likely N-dealkylation sites (N-methyl/N-ethyl adjacent to an activating group) is 1. The Balaban J connectivity index is 4.39. The van der Waals surface area contributed by atoms with Crippen molar-refractivity contribution in [3.8, 4) is 0 Å². The van der Waals surface area contributed by atoms with Gasteiger partial charge in [-0.1, -0.05) is 13.8 Å². The maximum Gasteiger partial charge on any atom is 0.0609 e. The summed E-state index contributed by atoms with van der Waals surface area (Å²) in [5, 5.41) is 9.23. The minimum Gasteiger partial charge on any atom is -0.394 e. The normalized spacial score (nSPS) is 16.1. The topological polar surface area (TPSA) is 49.5 Å². The number of aliphatic hydroxyl groups is 1. The summed E-state index contributed by atoms with van der Waals surface area (Å²) in [4.78, 5) is 2.16. The zero-order valence-electron chi connectivity index (χ0n) is 10.5. The van der Waals surface area contributed by atoms with Crippen molar-refractivity contribution in [2.24, 2.45) is 11.1 Å². The molecule has 0 aliphatic carbocycles. The molecule has 0 spiro atoms. The molecule has 0 aliphatic heterocycles. The van der Waals surface area contributed by atoms with Crippen molar-refractivity contribution in [1.82, 2.24) is 4.90 Å². The van der Waals surface area contributed by atoms with Crippen molar-refractivity contribution in [1.29, 1.82) is 0 Å². The Morgan fingerprint density at radius 1 is 1.29 bits per heavy atom. The molecule has 0 aromatic carbocycles. The van der Waals surface area contributed by atoms with E-state index in [1.807, 2.05) is 27.8 Å². The molecule has 0 fully saturated rings. The highest BCUT2D eigenvalue weighted by atomic mass is 16.3. The molecule has 3 nitrogen and oxygen atoms in total. The minimum atomic E-state index is -0.174. The van der Waals surface area contributed by atoms with Gasteiger partial charge in [0, 0.05) is 18.1 Å². The summed E-state index contributed by atoms with van der Waals surface area (Å²) in [6, 6.07) is 0.152. The standard InChI is InChI=1S/C11H26N2O/c1-9(12)10(2,3)7-13(6)11(4,5)8-14/h9,14H,7-8,12H2,1-6H3. The Kier molecular flexibility index (Phi) is 4.56. The van der Waals surface area contributed by atoms with Gasteiger partial charge in [0.15, 0.2) is 0 Å². The maximum atomic E-state index is 9.23. The van der Waals surface area contributed by atoms with E-state index in [1.165, 1.54) is 0 Å². The van der Waals surface area contributed by atoms with Crippen molar-refractivity contribution in [2.75, 3.05) is 20.2 Å². The molecule has 0 amide bonds. The lowest BCUT2D eigenvalue weighted by Crippen LogP contribution is -2.51. The second kappa shape index (κ2) is 4.60. The number of aliphatic hydroxyl groups excluding tert-OH is 1. The molecule has 0 radical (unpaired) electrons. The lowest BCUT2D eigenvalue weighted by molar-refractivity contribution is 0.0445. The molecule has 3 heteroatoms. The first-order valence-corrected chi connectivity index (χ1v) is 5.21. The van der Waals surface area contributed by atoms with Gasteiger partial charge in [0.1, 0.15) is 0 Å². The van der Waals surface area contributed by atoms with Crippen LogP contribution in [0.1, 0.15) is 34.6 Å². The molecule has 0 saturated carbocycles. The van der Waals surface area contributed by atoms with Crippen LogP contribution in [0.25, 0.3) is 0 Å². The fraction of sp³-hybridized carbons (Fsp3) is 1.00. The third-order valence-electron chi connectivity index (χ3n) is 3.30. The van der Waals surface area contributed by atoms with Gasteiger partial charge >= 0.3 is 0 Å². The van der Waals surface area contributed by atoms with Crippen LogP contribution in [-0.2, 0) is 0 Å². The first kappa shape index (κ1) is 13.9. The zero-order chi connectivity index (χ0) is 11.6. The third kappa shape index (κ3) is 3.56. The minimum absolute atomic E-state index is 0.0706. The molecule has 0 aromatic heterocycles. The monoisotopic (exact) mass is 202 g/mol. The summed E-state index contributed by atoms with van der Waals surface area (Å²) >= 11 is 0. The quantitative estimate of drug-likeness (QED) is 0.701. The van der Waals surface area contributed by atoms with Gasteiger partial charge in [-0.15, -0.1) is 0 Å². The average molecular weight is 202 g/mol. The van der Waals surface area contributed by atoms with E-state index >= 15 is 0 Å². The van der Waals surface area contributed by atoms with Gasteiger partial charge in [-0.05, 0) is 33.2 Å². The van der Waals surface area contributed by atoms with Crippen LogP contribution in [0.4, 0.5) is 0 Å². The zero-order valence-corrected chi connectivity index (χ0v) is 10.5. The number of hydrogen-bond donors (Lipinski definition) is 2. The van der Waals surface area contributed by atoms with Crippen LogP contribution in [0.3, 0.4) is 0 Å². The van der Waals surface area contributed by atoms with E-state index in [0.717, 1.165) is 6.54 Å². The number of nitrogens with zero attached hydrogens (tertiary/aromatic N) is 1. The van der Waals surface area contributed by atoms with Crippen molar-refractivity contribution < 1.29 is 5.11 Å². The van der Waals surface area contributed by atoms with Gasteiger partial charge in [0.05, 0.1) is 6.61 Å². The average Bonchev–Trinajstić information content (AvgIpc) is 2.03. The molecule has 1 atom stereocenters. The molecular weight excluding hydrogens is 176 g/mol. The molecule has 0 saturated heterocycles. The summed E-state index contributed by atoms with van der Waals surface area (Å²) < 4.78 is 0. The molecule has 86 valence electrons. The predicted octanol–water partition coefficient (Wildman–Crippen LogP) is 1.06.